The Morgan fingerprint density at radius 2 is 1.94 bits per heavy atom. The van der Waals surface area contributed by atoms with Crippen LogP contribution in [0, 0.1) is 5.92 Å². The summed E-state index contributed by atoms with van der Waals surface area (Å²) in [5.74, 6) is 2.14. The Hall–Kier alpha value is -3.32. The van der Waals surface area contributed by atoms with Crippen LogP contribution in [0.3, 0.4) is 0 Å². The van der Waals surface area contributed by atoms with Crippen LogP contribution in [0.1, 0.15) is 41.8 Å². The Balaban J connectivity index is 1.47. The predicted octanol–water partition coefficient (Wildman–Crippen LogP) is 5.56. The van der Waals surface area contributed by atoms with E-state index in [1.54, 1.807) is 25.1 Å². The molecule has 0 aliphatic carbocycles. The van der Waals surface area contributed by atoms with E-state index in [2.05, 4.69) is 34.8 Å². The van der Waals surface area contributed by atoms with Gasteiger partial charge in [-0.3, -0.25) is 9.78 Å². The second-order valence-corrected chi connectivity index (χ2v) is 9.56. The maximum Gasteiger partial charge on any atom is 0.251 e. The number of hydrogen-bond acceptors (Lipinski definition) is 5. The third-order valence-electron chi connectivity index (χ3n) is 5.58. The molecule has 7 heteroatoms. The van der Waals surface area contributed by atoms with Crippen LogP contribution >= 0.6 is 11.8 Å². The molecule has 2 heterocycles. The largest absolute Gasteiger partial charge is 0.497 e. The van der Waals surface area contributed by atoms with Crippen molar-refractivity contribution in [2.75, 3.05) is 13.7 Å². The van der Waals surface area contributed by atoms with E-state index < -0.39 is 0 Å². The molecule has 0 aliphatic heterocycles. The number of nitrogens with one attached hydrogen (secondary N) is 1. The van der Waals surface area contributed by atoms with Gasteiger partial charge in [0.05, 0.1) is 30.9 Å². The van der Waals surface area contributed by atoms with Gasteiger partial charge >= 0.3 is 0 Å². The first-order valence-electron chi connectivity index (χ1n) is 11.5. The van der Waals surface area contributed by atoms with Gasteiger partial charge in [0.25, 0.3) is 5.91 Å². The number of nitrogens with zero attached hydrogens (tertiary/aromatic N) is 3. The minimum Gasteiger partial charge on any atom is -0.497 e. The molecular weight excluding hydrogens is 444 g/mol. The lowest BCUT2D eigenvalue weighted by atomic mass is 10.1. The van der Waals surface area contributed by atoms with Crippen LogP contribution < -0.4 is 10.1 Å². The highest BCUT2D eigenvalue weighted by Gasteiger charge is 2.13. The molecule has 0 radical (unpaired) electrons. The van der Waals surface area contributed by atoms with Gasteiger partial charge in [-0.25, -0.2) is 4.98 Å². The van der Waals surface area contributed by atoms with E-state index in [1.165, 1.54) is 0 Å². The SMILES string of the molecule is COc1cccc(Cn2c(SCc3ccc(C(=O)NCCC(C)C)cc3)nc3ccncc32)c1. The molecule has 6 nitrogen and oxygen atoms in total. The van der Waals surface area contributed by atoms with Crippen molar-refractivity contribution >= 4 is 28.7 Å². The highest BCUT2D eigenvalue weighted by Crippen LogP contribution is 2.28. The van der Waals surface area contributed by atoms with Crippen LogP contribution in [-0.2, 0) is 12.3 Å². The fraction of sp³-hybridized carbons (Fsp3) is 0.296. The third kappa shape index (κ3) is 5.97. The van der Waals surface area contributed by atoms with Crippen molar-refractivity contribution < 1.29 is 9.53 Å². The normalized spacial score (nSPS) is 11.2. The molecular formula is C27H30N4O2S. The van der Waals surface area contributed by atoms with Gasteiger partial charge in [0.2, 0.25) is 0 Å². The quantitative estimate of drug-likeness (QED) is 0.305. The first kappa shape index (κ1) is 23.8. The van der Waals surface area contributed by atoms with E-state index in [9.17, 15) is 4.79 Å². The van der Waals surface area contributed by atoms with Crippen LogP contribution in [0.15, 0.2) is 72.1 Å². The second kappa shape index (κ2) is 11.2. The Morgan fingerprint density at radius 3 is 2.71 bits per heavy atom. The van der Waals surface area contributed by atoms with Crippen molar-refractivity contribution in [3.05, 3.63) is 83.7 Å². The van der Waals surface area contributed by atoms with Gasteiger partial charge in [0.1, 0.15) is 5.75 Å². The summed E-state index contributed by atoms with van der Waals surface area (Å²) in [5, 5.41) is 3.92. The number of fused-ring (bicyclic) bond motifs is 1. The summed E-state index contributed by atoms with van der Waals surface area (Å²) in [4.78, 5) is 21.5. The molecule has 1 amide bonds. The zero-order chi connectivity index (χ0) is 23.9. The molecule has 0 atom stereocenters. The van der Waals surface area contributed by atoms with E-state index in [-0.39, 0.29) is 5.91 Å². The molecule has 4 rings (SSSR count). The van der Waals surface area contributed by atoms with Gasteiger partial charge < -0.3 is 14.6 Å². The molecule has 0 unspecified atom stereocenters. The molecule has 0 aliphatic rings. The number of pyridine rings is 1. The standard InChI is InChI=1S/C27H30N4O2S/c1-19(2)11-14-29-26(32)22-9-7-20(8-10-22)18-34-27-30-24-12-13-28-16-25(24)31(27)17-21-5-4-6-23(15-21)33-3/h4-10,12-13,15-16,19H,11,14,17-18H2,1-3H3,(H,29,32). The lowest BCUT2D eigenvalue weighted by Gasteiger charge is -2.10. The van der Waals surface area contributed by atoms with Crippen LogP contribution in [-0.4, -0.2) is 34.1 Å². The Kier molecular flexibility index (Phi) is 7.85. The summed E-state index contributed by atoms with van der Waals surface area (Å²) in [7, 11) is 1.68. The van der Waals surface area contributed by atoms with Gasteiger partial charge in [0, 0.05) is 24.1 Å². The molecule has 0 saturated carbocycles. The fourth-order valence-corrected chi connectivity index (χ4v) is 4.61. The molecule has 4 aromatic rings. The van der Waals surface area contributed by atoms with E-state index in [1.807, 2.05) is 54.7 Å². The summed E-state index contributed by atoms with van der Waals surface area (Å²) in [6.45, 7) is 5.68. The van der Waals surface area contributed by atoms with Gasteiger partial charge in [-0.1, -0.05) is 49.9 Å². The fourth-order valence-electron chi connectivity index (χ4n) is 3.64. The molecule has 2 aromatic carbocycles. The number of rotatable bonds is 10. The molecule has 0 spiro atoms. The molecule has 1 N–H and O–H groups in total. The number of aromatic nitrogens is 3. The number of imidazole rings is 1. The number of carbonyl (C=O) groups excluding carboxylic acids is 1. The summed E-state index contributed by atoms with van der Waals surface area (Å²) in [6, 6.07) is 17.8. The van der Waals surface area contributed by atoms with Crippen LogP contribution in [0.2, 0.25) is 0 Å². The highest BCUT2D eigenvalue weighted by atomic mass is 32.2. The number of benzene rings is 2. The number of hydrogen-bond donors (Lipinski definition) is 1. The Labute approximate surface area is 204 Å². The first-order valence-corrected chi connectivity index (χ1v) is 12.4. The van der Waals surface area contributed by atoms with E-state index >= 15 is 0 Å². The van der Waals surface area contributed by atoms with Crippen molar-refractivity contribution in [3.8, 4) is 5.75 Å². The van der Waals surface area contributed by atoms with Crippen molar-refractivity contribution in [2.24, 2.45) is 5.92 Å². The Morgan fingerprint density at radius 1 is 1.12 bits per heavy atom. The van der Waals surface area contributed by atoms with Crippen LogP contribution in [0.25, 0.3) is 11.0 Å². The average molecular weight is 475 g/mol. The Bertz CT molecular complexity index is 1250. The van der Waals surface area contributed by atoms with E-state index in [0.717, 1.165) is 45.2 Å². The topological polar surface area (TPSA) is 69.0 Å². The van der Waals surface area contributed by atoms with Crippen molar-refractivity contribution in [1.29, 1.82) is 0 Å². The number of carbonyl (C=O) groups is 1. The third-order valence-corrected chi connectivity index (χ3v) is 6.63. The van der Waals surface area contributed by atoms with Gasteiger partial charge in [-0.2, -0.15) is 0 Å². The van der Waals surface area contributed by atoms with Crippen molar-refractivity contribution in [2.45, 2.75) is 37.7 Å². The molecule has 2 aromatic heterocycles. The number of thioether (sulfide) groups is 1. The molecule has 0 bridgehead atoms. The van der Waals surface area contributed by atoms with Crippen molar-refractivity contribution in [1.82, 2.24) is 19.9 Å². The van der Waals surface area contributed by atoms with Crippen LogP contribution in [0.4, 0.5) is 0 Å². The second-order valence-electron chi connectivity index (χ2n) is 8.62. The summed E-state index contributed by atoms with van der Waals surface area (Å²) in [5.41, 5.74) is 4.89. The molecule has 176 valence electrons. The molecule has 34 heavy (non-hydrogen) atoms. The van der Waals surface area contributed by atoms with Crippen molar-refractivity contribution in [3.63, 3.8) is 0 Å². The predicted molar refractivity (Wildman–Crippen MR) is 137 cm³/mol. The molecule has 0 fully saturated rings. The smallest absolute Gasteiger partial charge is 0.251 e. The zero-order valence-electron chi connectivity index (χ0n) is 19.8. The van der Waals surface area contributed by atoms with E-state index in [0.29, 0.717) is 24.6 Å². The first-order chi connectivity index (χ1) is 16.5. The summed E-state index contributed by atoms with van der Waals surface area (Å²) < 4.78 is 7.58. The van der Waals surface area contributed by atoms with Crippen LogP contribution in [0.5, 0.6) is 5.75 Å². The molecule has 0 saturated heterocycles. The van der Waals surface area contributed by atoms with Gasteiger partial charge in [-0.15, -0.1) is 0 Å². The van der Waals surface area contributed by atoms with E-state index in [4.69, 9.17) is 9.72 Å². The van der Waals surface area contributed by atoms with Gasteiger partial charge in [-0.05, 0) is 53.8 Å². The maximum atomic E-state index is 12.3. The minimum atomic E-state index is -0.0209. The minimum absolute atomic E-state index is 0.0209. The maximum absolute atomic E-state index is 12.3. The summed E-state index contributed by atoms with van der Waals surface area (Å²) >= 11 is 1.68. The lowest BCUT2D eigenvalue weighted by Crippen LogP contribution is -2.25. The van der Waals surface area contributed by atoms with Gasteiger partial charge in [0.15, 0.2) is 5.16 Å². The number of methoxy groups -OCH3 is 1. The summed E-state index contributed by atoms with van der Waals surface area (Å²) in [6.07, 6.45) is 4.61. The number of amides is 1. The highest BCUT2D eigenvalue weighted by molar-refractivity contribution is 7.98. The lowest BCUT2D eigenvalue weighted by molar-refractivity contribution is 0.0952. The monoisotopic (exact) mass is 474 g/mol. The average Bonchev–Trinajstić information content (AvgIpc) is 3.20. The number of ether oxygens (including phenoxy) is 1. The zero-order valence-corrected chi connectivity index (χ0v) is 20.6.